The molecule has 0 spiro atoms. The number of anilines is 1. The number of para-hydroxylation sites is 1. The minimum atomic E-state index is -0.133. The van der Waals surface area contributed by atoms with Crippen LogP contribution < -0.4 is 10.6 Å². The van der Waals surface area contributed by atoms with Crippen LogP contribution in [-0.4, -0.2) is 33.4 Å². The molecule has 0 unspecified atom stereocenters. The maximum atomic E-state index is 12.6. The number of carbonyl (C=O) groups excluding carboxylic acids is 1. The zero-order valence-electron chi connectivity index (χ0n) is 18.1. The summed E-state index contributed by atoms with van der Waals surface area (Å²) in [6.45, 7) is 8.46. The molecule has 3 rings (SSSR count). The van der Waals surface area contributed by atoms with Gasteiger partial charge in [0.05, 0.1) is 0 Å². The van der Waals surface area contributed by atoms with Gasteiger partial charge in [-0.2, -0.15) is 4.99 Å². The first-order valence-electron chi connectivity index (χ1n) is 10.5. The number of carbonyl (C=O) groups is 1. The van der Waals surface area contributed by atoms with Crippen LogP contribution >= 0.6 is 0 Å². The highest BCUT2D eigenvalue weighted by atomic mass is 16.1. The van der Waals surface area contributed by atoms with E-state index in [4.69, 9.17) is 0 Å². The van der Waals surface area contributed by atoms with Crippen molar-refractivity contribution in [2.24, 2.45) is 10.9 Å². The molecule has 0 atom stereocenters. The maximum Gasteiger partial charge on any atom is 0.251 e. The van der Waals surface area contributed by atoms with E-state index >= 15 is 0 Å². The number of nitrogens with zero attached hydrogens (tertiary/aromatic N) is 3. The Morgan fingerprint density at radius 3 is 2.53 bits per heavy atom. The lowest BCUT2D eigenvalue weighted by molar-refractivity contribution is -0.121. The molecule has 0 aliphatic rings. The van der Waals surface area contributed by atoms with Crippen molar-refractivity contribution in [3.8, 4) is 0 Å². The average Bonchev–Trinajstić information content (AvgIpc) is 3.11. The summed E-state index contributed by atoms with van der Waals surface area (Å²) < 4.78 is 0. The summed E-state index contributed by atoms with van der Waals surface area (Å²) in [6.07, 6.45) is 4.35. The Bertz CT molecular complexity index is 1010. The van der Waals surface area contributed by atoms with Crippen LogP contribution in [0.4, 0.5) is 5.95 Å². The van der Waals surface area contributed by atoms with Gasteiger partial charge in [-0.25, -0.2) is 9.97 Å². The standard InChI is InChI=1S/C23H30N6O/c1-5-17(6-2)21(30)28-22(29-23-26-15(3)13-16(4)27-23)24-12-11-18-14-25-20-10-8-7-9-19(18)20/h7-10,13-14,17,25H,5-6,11-12H2,1-4H3,(H2,24,26,27,28,29,30). The van der Waals surface area contributed by atoms with Crippen molar-refractivity contribution in [2.45, 2.75) is 47.0 Å². The second-order valence-electron chi connectivity index (χ2n) is 7.45. The summed E-state index contributed by atoms with van der Waals surface area (Å²) in [6, 6.07) is 10.1. The number of fused-ring (bicyclic) bond motifs is 1. The van der Waals surface area contributed by atoms with Crippen LogP contribution in [0.1, 0.15) is 43.6 Å². The van der Waals surface area contributed by atoms with Gasteiger partial charge >= 0.3 is 0 Å². The van der Waals surface area contributed by atoms with Crippen LogP contribution in [0.5, 0.6) is 0 Å². The topological polar surface area (TPSA) is 95.1 Å². The third-order valence-corrected chi connectivity index (χ3v) is 5.13. The quantitative estimate of drug-likeness (QED) is 0.405. The molecular weight excluding hydrogens is 376 g/mol. The van der Waals surface area contributed by atoms with Crippen LogP contribution in [-0.2, 0) is 11.2 Å². The summed E-state index contributed by atoms with van der Waals surface area (Å²) in [5.74, 6) is 0.601. The van der Waals surface area contributed by atoms with Crippen LogP contribution in [0.25, 0.3) is 10.9 Å². The predicted molar refractivity (Wildman–Crippen MR) is 122 cm³/mol. The van der Waals surface area contributed by atoms with Crippen molar-refractivity contribution in [1.82, 2.24) is 20.3 Å². The highest BCUT2D eigenvalue weighted by molar-refractivity contribution is 6.00. The van der Waals surface area contributed by atoms with Crippen molar-refractivity contribution in [1.29, 1.82) is 0 Å². The Morgan fingerprint density at radius 1 is 1.13 bits per heavy atom. The molecule has 0 saturated carbocycles. The molecule has 0 aliphatic carbocycles. The number of hydrogen-bond donors (Lipinski definition) is 3. The normalized spacial score (nSPS) is 11.8. The van der Waals surface area contributed by atoms with Gasteiger partial charge in [0.2, 0.25) is 11.9 Å². The summed E-state index contributed by atoms with van der Waals surface area (Å²) >= 11 is 0. The van der Waals surface area contributed by atoms with Gasteiger partial charge in [-0.15, -0.1) is 0 Å². The number of aliphatic imine (C=N–C) groups is 1. The molecule has 1 aromatic carbocycles. The summed E-state index contributed by atoms with van der Waals surface area (Å²) in [7, 11) is 0. The second kappa shape index (κ2) is 10.0. The number of aryl methyl sites for hydroxylation is 2. The number of H-pyrrole nitrogens is 1. The maximum absolute atomic E-state index is 12.6. The van der Waals surface area contributed by atoms with Gasteiger partial charge < -0.3 is 10.3 Å². The Balaban J connectivity index is 1.75. The van der Waals surface area contributed by atoms with Crippen LogP contribution in [0.3, 0.4) is 0 Å². The number of amides is 1. The van der Waals surface area contributed by atoms with E-state index in [0.29, 0.717) is 18.5 Å². The molecule has 0 aliphatic heterocycles. The first-order chi connectivity index (χ1) is 14.5. The van der Waals surface area contributed by atoms with Crippen molar-refractivity contribution >= 4 is 28.7 Å². The molecule has 7 nitrogen and oxygen atoms in total. The van der Waals surface area contributed by atoms with E-state index in [0.717, 1.165) is 36.2 Å². The van der Waals surface area contributed by atoms with E-state index in [1.54, 1.807) is 0 Å². The molecule has 3 N–H and O–H groups in total. The zero-order chi connectivity index (χ0) is 21.5. The highest BCUT2D eigenvalue weighted by Crippen LogP contribution is 2.17. The molecule has 0 bridgehead atoms. The van der Waals surface area contributed by atoms with Gasteiger partial charge in [0.15, 0.2) is 0 Å². The smallest absolute Gasteiger partial charge is 0.251 e. The number of aromatic amines is 1. The first-order valence-corrected chi connectivity index (χ1v) is 10.5. The fourth-order valence-corrected chi connectivity index (χ4v) is 3.49. The van der Waals surface area contributed by atoms with E-state index in [9.17, 15) is 4.79 Å². The predicted octanol–water partition coefficient (Wildman–Crippen LogP) is 4.14. The lowest BCUT2D eigenvalue weighted by atomic mass is 10.0. The fraction of sp³-hybridized carbons (Fsp3) is 0.391. The molecule has 30 heavy (non-hydrogen) atoms. The monoisotopic (exact) mass is 406 g/mol. The third-order valence-electron chi connectivity index (χ3n) is 5.13. The second-order valence-corrected chi connectivity index (χ2v) is 7.45. The van der Waals surface area contributed by atoms with Gasteiger partial charge in [0.1, 0.15) is 0 Å². The number of rotatable bonds is 7. The minimum Gasteiger partial charge on any atom is -0.361 e. The van der Waals surface area contributed by atoms with Crippen molar-refractivity contribution in [3.05, 3.63) is 53.5 Å². The number of hydrogen-bond acceptors (Lipinski definition) is 3. The minimum absolute atomic E-state index is 0.0858. The fourth-order valence-electron chi connectivity index (χ4n) is 3.49. The molecule has 3 aromatic rings. The third kappa shape index (κ3) is 5.43. The highest BCUT2D eigenvalue weighted by Gasteiger charge is 2.15. The zero-order valence-corrected chi connectivity index (χ0v) is 18.1. The van der Waals surface area contributed by atoms with E-state index in [1.165, 1.54) is 10.9 Å². The van der Waals surface area contributed by atoms with E-state index in [-0.39, 0.29) is 11.8 Å². The number of aromatic nitrogens is 3. The van der Waals surface area contributed by atoms with Crippen molar-refractivity contribution in [3.63, 3.8) is 0 Å². The number of guanidine groups is 1. The van der Waals surface area contributed by atoms with Crippen LogP contribution in [0.15, 0.2) is 41.5 Å². The number of benzene rings is 1. The number of nitrogens with one attached hydrogen (secondary N) is 3. The van der Waals surface area contributed by atoms with Crippen molar-refractivity contribution in [2.75, 3.05) is 11.9 Å². The molecule has 1 amide bonds. The van der Waals surface area contributed by atoms with Crippen molar-refractivity contribution < 1.29 is 4.79 Å². The Morgan fingerprint density at radius 2 is 1.83 bits per heavy atom. The first kappa shape index (κ1) is 21.5. The van der Waals surface area contributed by atoms with Crippen LogP contribution in [0, 0.1) is 19.8 Å². The lowest BCUT2D eigenvalue weighted by Gasteiger charge is -2.13. The Labute approximate surface area is 177 Å². The van der Waals surface area contributed by atoms with Crippen LogP contribution in [0.2, 0.25) is 0 Å². The molecular formula is C23H30N6O. The van der Waals surface area contributed by atoms with E-state index in [1.807, 2.05) is 52.1 Å². The summed E-state index contributed by atoms with van der Waals surface area (Å²) in [5, 5.41) is 7.57. The largest absolute Gasteiger partial charge is 0.361 e. The van der Waals surface area contributed by atoms with Gasteiger partial charge in [-0.3, -0.25) is 10.1 Å². The van der Waals surface area contributed by atoms with Gasteiger partial charge in [0, 0.05) is 41.0 Å². The molecule has 0 saturated heterocycles. The summed E-state index contributed by atoms with van der Waals surface area (Å²) in [4.78, 5) is 29.0. The van der Waals surface area contributed by atoms with Gasteiger partial charge in [-0.1, -0.05) is 32.0 Å². The molecule has 158 valence electrons. The SMILES string of the molecule is CCC(CC)C(=O)/N=C(/NCCc1c[nH]c2ccccc12)Nc1nc(C)cc(C)n1. The molecule has 0 radical (unpaired) electrons. The Kier molecular flexibility index (Phi) is 7.17. The molecule has 0 fully saturated rings. The Hall–Kier alpha value is -3.22. The van der Waals surface area contributed by atoms with E-state index in [2.05, 4.69) is 42.7 Å². The lowest BCUT2D eigenvalue weighted by Crippen LogP contribution is -2.34. The summed E-state index contributed by atoms with van der Waals surface area (Å²) in [5.41, 5.74) is 4.04. The molecule has 7 heteroatoms. The van der Waals surface area contributed by atoms with Gasteiger partial charge in [-0.05, 0) is 50.8 Å². The van der Waals surface area contributed by atoms with E-state index < -0.39 is 0 Å². The molecule has 2 aromatic heterocycles. The van der Waals surface area contributed by atoms with Gasteiger partial charge in [0.25, 0.3) is 5.91 Å². The average molecular weight is 407 g/mol. The molecule has 2 heterocycles.